The Labute approximate surface area is 110 Å². The highest BCUT2D eigenvalue weighted by Gasteiger charge is 2.07. The molecule has 0 spiro atoms. The zero-order valence-corrected chi connectivity index (χ0v) is 11.8. The van der Waals surface area contributed by atoms with Gasteiger partial charge in [0.15, 0.2) is 0 Å². The molecule has 0 aromatic heterocycles. The molecule has 100 valence electrons. The summed E-state index contributed by atoms with van der Waals surface area (Å²) < 4.78 is 4.92. The number of nitrogens with zero attached hydrogens (tertiary/aromatic N) is 1. The summed E-state index contributed by atoms with van der Waals surface area (Å²) >= 11 is 0. The third-order valence-corrected chi connectivity index (χ3v) is 3.06. The molecule has 0 saturated heterocycles. The van der Waals surface area contributed by atoms with E-state index < -0.39 is 0 Å². The lowest BCUT2D eigenvalue weighted by Gasteiger charge is -2.15. The number of carbonyl (C=O) groups is 1. The molecule has 1 aromatic rings. The molecule has 0 bridgehead atoms. The Balaban J connectivity index is 2.40. The van der Waals surface area contributed by atoms with Crippen molar-refractivity contribution in [3.63, 3.8) is 0 Å². The lowest BCUT2D eigenvalue weighted by Crippen LogP contribution is -2.29. The number of hydrogen-bond acceptors (Lipinski definition) is 3. The third kappa shape index (κ3) is 4.88. The fourth-order valence-corrected chi connectivity index (χ4v) is 1.79. The molecule has 0 saturated carbocycles. The van der Waals surface area contributed by atoms with Gasteiger partial charge in [-0.3, -0.25) is 9.69 Å². The summed E-state index contributed by atoms with van der Waals surface area (Å²) in [4.78, 5) is 13.3. The molecule has 0 radical (unpaired) electrons. The maximum atomic E-state index is 11.3. The maximum Gasteiger partial charge on any atom is 0.320 e. The van der Waals surface area contributed by atoms with Gasteiger partial charge in [0, 0.05) is 6.54 Å². The van der Waals surface area contributed by atoms with Crippen molar-refractivity contribution in [2.45, 2.75) is 27.2 Å². The van der Waals surface area contributed by atoms with Crippen LogP contribution in [0.5, 0.6) is 0 Å². The van der Waals surface area contributed by atoms with E-state index in [4.69, 9.17) is 4.74 Å². The molecule has 0 aliphatic carbocycles. The Morgan fingerprint density at radius 1 is 1.28 bits per heavy atom. The highest BCUT2D eigenvalue weighted by atomic mass is 16.5. The van der Waals surface area contributed by atoms with Crippen molar-refractivity contribution in [1.82, 2.24) is 4.90 Å². The van der Waals surface area contributed by atoms with Crippen LogP contribution < -0.4 is 0 Å². The SMILES string of the molecule is CCOC(=O)CN(C)CCc1ccc(C)c(C)c1. The predicted octanol–water partition coefficient (Wildman–Crippen LogP) is 2.34. The van der Waals surface area contributed by atoms with Gasteiger partial charge in [-0.05, 0) is 50.9 Å². The first-order valence-electron chi connectivity index (χ1n) is 6.43. The van der Waals surface area contributed by atoms with Crippen LogP contribution in [0.1, 0.15) is 23.6 Å². The van der Waals surface area contributed by atoms with E-state index in [-0.39, 0.29) is 5.97 Å². The van der Waals surface area contributed by atoms with Gasteiger partial charge in [0.1, 0.15) is 0 Å². The number of hydrogen-bond donors (Lipinski definition) is 0. The van der Waals surface area contributed by atoms with Crippen molar-refractivity contribution in [2.75, 3.05) is 26.7 Å². The van der Waals surface area contributed by atoms with E-state index in [1.165, 1.54) is 16.7 Å². The molecule has 1 rings (SSSR count). The van der Waals surface area contributed by atoms with Crippen LogP contribution in [0.4, 0.5) is 0 Å². The van der Waals surface area contributed by atoms with Crippen LogP contribution >= 0.6 is 0 Å². The smallest absolute Gasteiger partial charge is 0.320 e. The van der Waals surface area contributed by atoms with E-state index in [1.54, 1.807) is 0 Å². The molecule has 0 aliphatic heterocycles. The number of carbonyl (C=O) groups excluding carboxylic acids is 1. The van der Waals surface area contributed by atoms with Crippen LogP contribution in [-0.4, -0.2) is 37.6 Å². The van der Waals surface area contributed by atoms with Crippen LogP contribution in [0, 0.1) is 13.8 Å². The van der Waals surface area contributed by atoms with Crippen molar-refractivity contribution in [3.8, 4) is 0 Å². The molecule has 0 N–H and O–H groups in total. The van der Waals surface area contributed by atoms with Crippen LogP contribution in [-0.2, 0) is 16.0 Å². The minimum absolute atomic E-state index is 0.153. The van der Waals surface area contributed by atoms with Crippen LogP contribution in [0.3, 0.4) is 0 Å². The molecular weight excluding hydrogens is 226 g/mol. The highest BCUT2D eigenvalue weighted by Crippen LogP contribution is 2.10. The van der Waals surface area contributed by atoms with E-state index in [0.29, 0.717) is 13.2 Å². The summed E-state index contributed by atoms with van der Waals surface area (Å²) in [6, 6.07) is 6.52. The molecule has 0 unspecified atom stereocenters. The predicted molar refractivity (Wildman–Crippen MR) is 73.8 cm³/mol. The molecule has 0 aliphatic rings. The zero-order chi connectivity index (χ0) is 13.5. The number of esters is 1. The topological polar surface area (TPSA) is 29.5 Å². The first kappa shape index (κ1) is 14.7. The number of likely N-dealkylation sites (N-methyl/N-ethyl adjacent to an activating group) is 1. The van der Waals surface area contributed by atoms with E-state index in [1.807, 2.05) is 18.9 Å². The van der Waals surface area contributed by atoms with Crippen LogP contribution in [0.2, 0.25) is 0 Å². The average molecular weight is 249 g/mol. The van der Waals surface area contributed by atoms with Crippen molar-refractivity contribution < 1.29 is 9.53 Å². The maximum absolute atomic E-state index is 11.3. The molecule has 3 nitrogen and oxygen atoms in total. The molecule has 0 fully saturated rings. The monoisotopic (exact) mass is 249 g/mol. The van der Waals surface area contributed by atoms with E-state index in [9.17, 15) is 4.79 Å². The summed E-state index contributed by atoms with van der Waals surface area (Å²) in [7, 11) is 1.94. The number of aryl methyl sites for hydroxylation is 2. The lowest BCUT2D eigenvalue weighted by molar-refractivity contribution is -0.144. The second-order valence-corrected chi connectivity index (χ2v) is 4.71. The number of benzene rings is 1. The highest BCUT2D eigenvalue weighted by molar-refractivity contribution is 5.71. The lowest BCUT2D eigenvalue weighted by atomic mass is 10.0. The van der Waals surface area contributed by atoms with E-state index in [2.05, 4.69) is 32.0 Å². The third-order valence-electron chi connectivity index (χ3n) is 3.06. The van der Waals surface area contributed by atoms with Gasteiger partial charge in [-0.1, -0.05) is 18.2 Å². The Hall–Kier alpha value is -1.35. The summed E-state index contributed by atoms with van der Waals surface area (Å²) in [5, 5.41) is 0. The zero-order valence-electron chi connectivity index (χ0n) is 11.8. The minimum Gasteiger partial charge on any atom is -0.465 e. The molecule has 1 aromatic carbocycles. The average Bonchev–Trinajstić information content (AvgIpc) is 2.31. The van der Waals surface area contributed by atoms with Gasteiger partial charge >= 0.3 is 5.97 Å². The first-order valence-corrected chi connectivity index (χ1v) is 6.43. The Kier molecular flexibility index (Phi) is 5.86. The van der Waals surface area contributed by atoms with Crippen LogP contribution in [0.15, 0.2) is 18.2 Å². The quantitative estimate of drug-likeness (QED) is 0.725. The van der Waals surface area contributed by atoms with Gasteiger partial charge in [-0.15, -0.1) is 0 Å². The van der Waals surface area contributed by atoms with Gasteiger partial charge in [0.2, 0.25) is 0 Å². The minimum atomic E-state index is -0.153. The van der Waals surface area contributed by atoms with Crippen molar-refractivity contribution >= 4 is 5.97 Å². The van der Waals surface area contributed by atoms with Gasteiger partial charge in [0.25, 0.3) is 0 Å². The normalized spacial score (nSPS) is 10.7. The van der Waals surface area contributed by atoms with Gasteiger partial charge in [-0.2, -0.15) is 0 Å². The second kappa shape index (κ2) is 7.17. The molecule has 3 heteroatoms. The summed E-state index contributed by atoms with van der Waals surface area (Å²) in [6.07, 6.45) is 0.955. The number of ether oxygens (including phenoxy) is 1. The molecular formula is C15H23NO2. The Bertz CT molecular complexity index is 401. The van der Waals surface area contributed by atoms with Gasteiger partial charge in [0.05, 0.1) is 13.2 Å². The standard InChI is InChI=1S/C15H23NO2/c1-5-18-15(17)11-16(4)9-8-14-7-6-12(2)13(3)10-14/h6-7,10H,5,8-9,11H2,1-4H3. The first-order chi connectivity index (χ1) is 8.52. The number of rotatable bonds is 6. The van der Waals surface area contributed by atoms with Crippen molar-refractivity contribution in [3.05, 3.63) is 34.9 Å². The fourth-order valence-electron chi connectivity index (χ4n) is 1.79. The second-order valence-electron chi connectivity index (χ2n) is 4.71. The Morgan fingerprint density at radius 2 is 2.00 bits per heavy atom. The van der Waals surface area contributed by atoms with Crippen molar-refractivity contribution in [2.24, 2.45) is 0 Å². The van der Waals surface area contributed by atoms with Crippen LogP contribution in [0.25, 0.3) is 0 Å². The van der Waals surface area contributed by atoms with Gasteiger partial charge in [-0.25, -0.2) is 0 Å². The van der Waals surface area contributed by atoms with E-state index in [0.717, 1.165) is 13.0 Å². The molecule has 0 heterocycles. The Morgan fingerprint density at radius 3 is 2.61 bits per heavy atom. The molecule has 18 heavy (non-hydrogen) atoms. The van der Waals surface area contributed by atoms with Crippen molar-refractivity contribution in [1.29, 1.82) is 0 Å². The van der Waals surface area contributed by atoms with Gasteiger partial charge < -0.3 is 4.74 Å². The van der Waals surface area contributed by atoms with E-state index >= 15 is 0 Å². The largest absolute Gasteiger partial charge is 0.465 e. The summed E-state index contributed by atoms with van der Waals surface area (Å²) in [6.45, 7) is 7.74. The summed E-state index contributed by atoms with van der Waals surface area (Å²) in [5.41, 5.74) is 3.95. The summed E-state index contributed by atoms with van der Waals surface area (Å²) in [5.74, 6) is -0.153. The molecule has 0 atom stereocenters. The fraction of sp³-hybridized carbons (Fsp3) is 0.533. The molecule has 0 amide bonds.